The van der Waals surface area contributed by atoms with Gasteiger partial charge in [-0.05, 0) is 70.6 Å². The van der Waals surface area contributed by atoms with Crippen LogP contribution in [0.25, 0.3) is 0 Å². The van der Waals surface area contributed by atoms with E-state index < -0.39 is 0 Å². The summed E-state index contributed by atoms with van der Waals surface area (Å²) in [5.74, 6) is 0.618. The molecule has 3 heterocycles. The maximum absolute atomic E-state index is 6.51. The summed E-state index contributed by atoms with van der Waals surface area (Å²) in [7, 11) is 1.64. The van der Waals surface area contributed by atoms with Gasteiger partial charge in [-0.3, -0.25) is 4.98 Å². The zero-order valence-corrected chi connectivity index (χ0v) is 20.0. The number of ether oxygens (including phenoxy) is 2. The summed E-state index contributed by atoms with van der Waals surface area (Å²) in [5, 5.41) is 4.60. The molecule has 0 unspecified atom stereocenters. The molecule has 0 spiro atoms. The second kappa shape index (κ2) is 9.62. The number of halogens is 2. The summed E-state index contributed by atoms with van der Waals surface area (Å²) in [6, 6.07) is 15.7. The third kappa shape index (κ3) is 4.48. The van der Waals surface area contributed by atoms with Gasteiger partial charge in [-0.15, -0.1) is 11.3 Å². The van der Waals surface area contributed by atoms with Crippen LogP contribution in [0.5, 0.6) is 5.75 Å². The van der Waals surface area contributed by atoms with Crippen LogP contribution in [0, 0.1) is 0 Å². The van der Waals surface area contributed by atoms with E-state index in [0.717, 1.165) is 15.2 Å². The van der Waals surface area contributed by atoms with Crippen LogP contribution in [0.4, 0.5) is 5.69 Å². The first kappa shape index (κ1) is 21.5. The van der Waals surface area contributed by atoms with Gasteiger partial charge in [0.2, 0.25) is 0 Å². The minimum Gasteiger partial charge on any atom is -0.490 e. The number of benzene rings is 1. The average Bonchev–Trinajstić information content (AvgIpc) is 3.33. The minimum absolute atomic E-state index is 0.0555. The van der Waals surface area contributed by atoms with Gasteiger partial charge < -0.3 is 19.7 Å². The van der Waals surface area contributed by atoms with Crippen molar-refractivity contribution in [2.45, 2.75) is 12.1 Å². The van der Waals surface area contributed by atoms with E-state index in [1.54, 1.807) is 24.6 Å². The van der Waals surface area contributed by atoms with Crippen molar-refractivity contribution in [3.05, 3.63) is 74.1 Å². The van der Waals surface area contributed by atoms with E-state index in [1.807, 2.05) is 36.4 Å². The predicted molar refractivity (Wildman–Crippen MR) is 129 cm³/mol. The molecule has 9 heteroatoms. The number of aromatic nitrogens is 1. The van der Waals surface area contributed by atoms with E-state index in [9.17, 15) is 0 Å². The maximum Gasteiger partial charge on any atom is 0.174 e. The van der Waals surface area contributed by atoms with E-state index in [4.69, 9.17) is 33.3 Å². The highest BCUT2D eigenvalue weighted by Crippen LogP contribution is 2.45. The Balaban J connectivity index is 1.70. The normalized spacial score (nSPS) is 18.5. The molecule has 5 nitrogen and oxygen atoms in total. The lowest BCUT2D eigenvalue weighted by atomic mass is 10.0. The molecule has 156 valence electrons. The van der Waals surface area contributed by atoms with Gasteiger partial charge in [-0.25, -0.2) is 0 Å². The van der Waals surface area contributed by atoms with E-state index in [2.05, 4.69) is 43.3 Å². The molecule has 0 bridgehead atoms. The lowest BCUT2D eigenvalue weighted by molar-refractivity contribution is 0.146. The Morgan fingerprint density at radius 1 is 1.23 bits per heavy atom. The molecule has 1 saturated heterocycles. The average molecular weight is 525 g/mol. The summed E-state index contributed by atoms with van der Waals surface area (Å²) in [6.45, 7) is 0.937. The van der Waals surface area contributed by atoms with E-state index in [0.29, 0.717) is 29.1 Å². The Morgan fingerprint density at radius 3 is 2.77 bits per heavy atom. The molecule has 1 N–H and O–H groups in total. The number of pyridine rings is 1. The quantitative estimate of drug-likeness (QED) is 0.313. The Bertz CT molecular complexity index is 1030. The van der Waals surface area contributed by atoms with E-state index in [1.165, 1.54) is 4.88 Å². The third-order valence-corrected chi connectivity index (χ3v) is 7.03. The molecule has 2 aromatic heterocycles. The molecule has 4 rings (SSSR count). The molecular formula is C21H19BrClN3O2S2. The van der Waals surface area contributed by atoms with E-state index >= 15 is 0 Å². The van der Waals surface area contributed by atoms with Crippen molar-refractivity contribution in [3.8, 4) is 5.75 Å². The highest BCUT2D eigenvalue weighted by molar-refractivity contribution is 9.11. The number of hydrogen-bond donors (Lipinski definition) is 1. The number of nitrogens with one attached hydrogen (secondary N) is 1. The number of rotatable bonds is 7. The number of thiophene rings is 1. The monoisotopic (exact) mass is 523 g/mol. The zero-order chi connectivity index (χ0) is 21.1. The van der Waals surface area contributed by atoms with Gasteiger partial charge >= 0.3 is 0 Å². The fourth-order valence-electron chi connectivity index (χ4n) is 3.40. The molecule has 0 radical (unpaired) electrons. The Hall–Kier alpha value is -1.71. The highest BCUT2D eigenvalue weighted by atomic mass is 79.9. The predicted octanol–water partition coefficient (Wildman–Crippen LogP) is 5.76. The van der Waals surface area contributed by atoms with Gasteiger partial charge in [-0.1, -0.05) is 17.7 Å². The lowest BCUT2D eigenvalue weighted by Gasteiger charge is -2.27. The second-order valence-corrected chi connectivity index (χ2v) is 9.88. The van der Waals surface area contributed by atoms with Crippen molar-refractivity contribution in [1.29, 1.82) is 0 Å². The van der Waals surface area contributed by atoms with Crippen LogP contribution in [-0.4, -0.2) is 30.4 Å². The van der Waals surface area contributed by atoms with Crippen molar-refractivity contribution in [1.82, 2.24) is 10.3 Å². The van der Waals surface area contributed by atoms with Crippen LogP contribution >= 0.6 is 51.1 Å². The molecule has 1 aliphatic heterocycles. The second-order valence-electron chi connectivity index (χ2n) is 6.59. The summed E-state index contributed by atoms with van der Waals surface area (Å²) in [4.78, 5) is 7.83. The number of thiocarbonyl (C=S) groups is 1. The summed E-state index contributed by atoms with van der Waals surface area (Å²) >= 11 is 17.5. The van der Waals surface area contributed by atoms with Crippen LogP contribution in [0.2, 0.25) is 5.02 Å². The fraction of sp³-hybridized carbons (Fsp3) is 0.238. The van der Waals surface area contributed by atoms with E-state index in [-0.39, 0.29) is 12.1 Å². The number of methoxy groups -OCH3 is 1. The molecule has 0 aliphatic carbocycles. The highest BCUT2D eigenvalue weighted by Gasteiger charge is 2.41. The molecule has 30 heavy (non-hydrogen) atoms. The topological polar surface area (TPSA) is 46.6 Å². The first-order valence-corrected chi connectivity index (χ1v) is 11.6. The third-order valence-electron chi connectivity index (χ3n) is 4.72. The molecule has 3 aromatic rings. The number of anilines is 1. The fourth-order valence-corrected chi connectivity index (χ4v) is 5.53. The Labute approximate surface area is 198 Å². The van der Waals surface area contributed by atoms with Gasteiger partial charge in [0, 0.05) is 23.9 Å². The van der Waals surface area contributed by atoms with Crippen LogP contribution in [-0.2, 0) is 4.74 Å². The van der Waals surface area contributed by atoms with Crippen molar-refractivity contribution < 1.29 is 9.47 Å². The summed E-state index contributed by atoms with van der Waals surface area (Å²) in [6.07, 6.45) is 1.80. The summed E-state index contributed by atoms with van der Waals surface area (Å²) in [5.41, 5.74) is 1.83. The molecule has 1 aliphatic rings. The van der Waals surface area contributed by atoms with Crippen LogP contribution < -0.4 is 15.0 Å². The van der Waals surface area contributed by atoms with Gasteiger partial charge in [0.15, 0.2) is 5.11 Å². The van der Waals surface area contributed by atoms with Crippen molar-refractivity contribution >= 4 is 61.9 Å². The van der Waals surface area contributed by atoms with Gasteiger partial charge in [0.05, 0.1) is 33.2 Å². The first-order chi connectivity index (χ1) is 14.6. The van der Waals surface area contributed by atoms with Gasteiger partial charge in [-0.2, -0.15) is 0 Å². The molecule has 1 aromatic carbocycles. The first-order valence-electron chi connectivity index (χ1n) is 9.25. The largest absolute Gasteiger partial charge is 0.490 e. The van der Waals surface area contributed by atoms with Gasteiger partial charge in [0.25, 0.3) is 0 Å². The zero-order valence-electron chi connectivity index (χ0n) is 16.0. The van der Waals surface area contributed by atoms with Crippen molar-refractivity contribution in [2.24, 2.45) is 0 Å². The maximum atomic E-state index is 6.51. The van der Waals surface area contributed by atoms with Crippen LogP contribution in [0.1, 0.15) is 22.7 Å². The van der Waals surface area contributed by atoms with Gasteiger partial charge in [0.1, 0.15) is 12.4 Å². The van der Waals surface area contributed by atoms with Crippen LogP contribution in [0.3, 0.4) is 0 Å². The smallest absolute Gasteiger partial charge is 0.174 e. The van der Waals surface area contributed by atoms with Crippen LogP contribution in [0.15, 0.2) is 58.5 Å². The Kier molecular flexibility index (Phi) is 6.90. The van der Waals surface area contributed by atoms with Crippen molar-refractivity contribution in [2.75, 3.05) is 25.2 Å². The molecule has 0 saturated carbocycles. The molecule has 1 fully saturated rings. The number of hydrogen-bond acceptors (Lipinski definition) is 5. The molecule has 2 atom stereocenters. The number of nitrogens with zero attached hydrogens (tertiary/aromatic N) is 2. The van der Waals surface area contributed by atoms with Crippen molar-refractivity contribution in [3.63, 3.8) is 0 Å². The standard InChI is InChI=1S/C21H19BrClN3O2S2/c1-27-10-11-28-16-6-5-13(12-14(16)23)26-20(17-7-8-18(22)30-17)19(25-21(26)29)15-4-2-3-9-24-15/h2-9,12,19-20H,10-11H2,1H3,(H,25,29)/t19-,20-/m1/s1. The lowest BCUT2D eigenvalue weighted by Crippen LogP contribution is -2.29. The molecular weight excluding hydrogens is 506 g/mol. The minimum atomic E-state index is -0.0827. The molecule has 0 amide bonds. The Morgan fingerprint density at radius 2 is 2.10 bits per heavy atom. The summed E-state index contributed by atoms with van der Waals surface area (Å²) < 4.78 is 11.8. The SMILES string of the molecule is COCCOc1ccc(N2C(=S)N[C@H](c3ccccn3)[C@H]2c2ccc(Br)s2)cc1Cl.